The molecule has 4 rings (SSSR count). The maximum atomic E-state index is 10.2. The second-order valence-electron chi connectivity index (χ2n) is 12.2. The molecule has 1 heteroatoms. The lowest BCUT2D eigenvalue weighted by atomic mass is 9.46. The SMILES string of the molecule is CC(C)CCC[C@@H](C)[C@H]1CC[C@H]2[C@@H]3CC[C@@H]4C[C@@H](O)CC[C@]4(C)[C@H]3C=C[C@]12C. The zero-order valence-corrected chi connectivity index (χ0v) is 19.3. The van der Waals surface area contributed by atoms with Gasteiger partial charge in [-0.05, 0) is 97.2 Å². The van der Waals surface area contributed by atoms with E-state index >= 15 is 0 Å². The zero-order valence-electron chi connectivity index (χ0n) is 19.3. The number of hydrogen-bond donors (Lipinski definition) is 1. The minimum atomic E-state index is -0.0324. The van der Waals surface area contributed by atoms with E-state index in [0.29, 0.717) is 10.8 Å². The largest absolute Gasteiger partial charge is 0.393 e. The minimum Gasteiger partial charge on any atom is -0.393 e. The maximum Gasteiger partial charge on any atom is 0.0543 e. The third-order valence-corrected chi connectivity index (χ3v) is 10.3. The Balaban J connectivity index is 1.51. The van der Waals surface area contributed by atoms with Crippen LogP contribution in [-0.2, 0) is 0 Å². The van der Waals surface area contributed by atoms with Crippen LogP contribution in [0.3, 0.4) is 0 Å². The van der Waals surface area contributed by atoms with Crippen LogP contribution in [0.1, 0.15) is 98.8 Å². The molecule has 0 aromatic carbocycles. The smallest absolute Gasteiger partial charge is 0.0543 e. The van der Waals surface area contributed by atoms with E-state index < -0.39 is 0 Å². The summed E-state index contributed by atoms with van der Waals surface area (Å²) in [6.07, 6.45) is 18.6. The third kappa shape index (κ3) is 3.42. The highest BCUT2D eigenvalue weighted by Gasteiger charge is 2.58. The molecule has 0 aliphatic heterocycles. The second kappa shape index (κ2) is 7.75. The van der Waals surface area contributed by atoms with Gasteiger partial charge in [0.05, 0.1) is 6.10 Å². The van der Waals surface area contributed by atoms with Crippen molar-refractivity contribution in [1.29, 1.82) is 0 Å². The van der Waals surface area contributed by atoms with Crippen molar-refractivity contribution in [3.8, 4) is 0 Å². The molecule has 0 radical (unpaired) electrons. The van der Waals surface area contributed by atoms with E-state index in [2.05, 4.69) is 46.8 Å². The molecule has 0 spiro atoms. The van der Waals surface area contributed by atoms with E-state index in [1.54, 1.807) is 0 Å². The molecular formula is C27H46O. The highest BCUT2D eigenvalue weighted by atomic mass is 16.3. The van der Waals surface area contributed by atoms with Crippen LogP contribution in [0.25, 0.3) is 0 Å². The fourth-order valence-electron chi connectivity index (χ4n) is 8.60. The minimum absolute atomic E-state index is 0.0324. The first-order valence-electron chi connectivity index (χ1n) is 12.6. The van der Waals surface area contributed by atoms with Gasteiger partial charge in [-0.2, -0.15) is 0 Å². The van der Waals surface area contributed by atoms with Gasteiger partial charge in [0.15, 0.2) is 0 Å². The van der Waals surface area contributed by atoms with Crippen molar-refractivity contribution in [3.63, 3.8) is 0 Å². The molecule has 0 amide bonds. The lowest BCUT2D eigenvalue weighted by molar-refractivity contribution is -0.0821. The molecular weight excluding hydrogens is 340 g/mol. The number of rotatable bonds is 5. The Labute approximate surface area is 174 Å². The van der Waals surface area contributed by atoms with E-state index in [1.165, 1.54) is 51.4 Å². The van der Waals surface area contributed by atoms with Crippen molar-refractivity contribution in [3.05, 3.63) is 12.2 Å². The predicted octanol–water partition coefficient (Wildman–Crippen LogP) is 7.24. The summed E-state index contributed by atoms with van der Waals surface area (Å²) in [5.74, 6) is 5.93. The van der Waals surface area contributed by atoms with Crippen molar-refractivity contribution < 1.29 is 5.11 Å². The van der Waals surface area contributed by atoms with Crippen molar-refractivity contribution in [2.24, 2.45) is 52.3 Å². The first-order chi connectivity index (χ1) is 13.3. The first kappa shape index (κ1) is 21.0. The summed E-state index contributed by atoms with van der Waals surface area (Å²) >= 11 is 0. The molecule has 1 nitrogen and oxygen atoms in total. The monoisotopic (exact) mass is 386 g/mol. The molecule has 0 bridgehead atoms. The summed E-state index contributed by atoms with van der Waals surface area (Å²) in [7, 11) is 0. The van der Waals surface area contributed by atoms with Gasteiger partial charge in [-0.1, -0.05) is 66.0 Å². The van der Waals surface area contributed by atoms with Crippen LogP contribution in [0.5, 0.6) is 0 Å². The average Bonchev–Trinajstić information content (AvgIpc) is 2.99. The van der Waals surface area contributed by atoms with Gasteiger partial charge in [0, 0.05) is 0 Å². The molecule has 3 saturated carbocycles. The Bertz CT molecular complexity index is 579. The summed E-state index contributed by atoms with van der Waals surface area (Å²) in [5.41, 5.74) is 0.886. The number of fused-ring (bicyclic) bond motifs is 5. The molecule has 1 N–H and O–H groups in total. The van der Waals surface area contributed by atoms with E-state index in [1.807, 2.05) is 0 Å². The van der Waals surface area contributed by atoms with Crippen LogP contribution in [0, 0.1) is 52.3 Å². The maximum absolute atomic E-state index is 10.2. The van der Waals surface area contributed by atoms with Crippen molar-refractivity contribution >= 4 is 0 Å². The van der Waals surface area contributed by atoms with Crippen LogP contribution in [0.2, 0.25) is 0 Å². The molecule has 28 heavy (non-hydrogen) atoms. The lowest BCUT2D eigenvalue weighted by Gasteiger charge is -2.58. The molecule has 0 aromatic rings. The molecule has 0 unspecified atom stereocenters. The zero-order chi connectivity index (χ0) is 20.1. The molecule has 4 aliphatic carbocycles. The van der Waals surface area contributed by atoms with Crippen LogP contribution in [-0.4, -0.2) is 11.2 Å². The summed E-state index contributed by atoms with van der Waals surface area (Å²) in [6.45, 7) is 12.5. The average molecular weight is 387 g/mol. The highest BCUT2D eigenvalue weighted by molar-refractivity contribution is 5.20. The first-order valence-corrected chi connectivity index (χ1v) is 12.6. The van der Waals surface area contributed by atoms with Crippen LogP contribution < -0.4 is 0 Å². The van der Waals surface area contributed by atoms with Crippen LogP contribution in [0.4, 0.5) is 0 Å². The van der Waals surface area contributed by atoms with E-state index in [9.17, 15) is 5.11 Å². The van der Waals surface area contributed by atoms with Gasteiger partial charge in [0.1, 0.15) is 0 Å². The Morgan fingerprint density at radius 1 is 1.00 bits per heavy atom. The number of aliphatic hydroxyl groups is 1. The van der Waals surface area contributed by atoms with Gasteiger partial charge < -0.3 is 5.11 Å². The molecule has 0 heterocycles. The summed E-state index contributed by atoms with van der Waals surface area (Å²) in [4.78, 5) is 0. The highest BCUT2D eigenvalue weighted by Crippen LogP contribution is 2.66. The fraction of sp³-hybridized carbons (Fsp3) is 0.926. The molecule has 3 fully saturated rings. The summed E-state index contributed by atoms with van der Waals surface area (Å²) < 4.78 is 0. The van der Waals surface area contributed by atoms with Gasteiger partial charge in [-0.15, -0.1) is 0 Å². The molecule has 0 saturated heterocycles. The van der Waals surface area contributed by atoms with Gasteiger partial charge in [0.25, 0.3) is 0 Å². The summed E-state index contributed by atoms with van der Waals surface area (Å²) in [5, 5.41) is 10.2. The third-order valence-electron chi connectivity index (χ3n) is 10.3. The summed E-state index contributed by atoms with van der Waals surface area (Å²) in [6, 6.07) is 0. The number of aliphatic hydroxyl groups excluding tert-OH is 1. The lowest BCUT2D eigenvalue weighted by Crippen LogP contribution is -2.52. The van der Waals surface area contributed by atoms with Gasteiger partial charge in [-0.25, -0.2) is 0 Å². The topological polar surface area (TPSA) is 20.2 Å². The van der Waals surface area contributed by atoms with Gasteiger partial charge >= 0.3 is 0 Å². The predicted molar refractivity (Wildman–Crippen MR) is 119 cm³/mol. The van der Waals surface area contributed by atoms with Crippen molar-refractivity contribution in [1.82, 2.24) is 0 Å². The Hall–Kier alpha value is -0.300. The quantitative estimate of drug-likeness (QED) is 0.493. The fourth-order valence-corrected chi connectivity index (χ4v) is 8.60. The standard InChI is InChI=1S/C27H46O/c1-18(2)7-6-8-19(3)23-11-12-24-22-10-9-20-17-21(28)13-15-26(20,4)25(22)14-16-27(23,24)5/h14,16,18-25,28H,6-13,15,17H2,1-5H3/t19-,20-,21+,22+,23-,24+,25+,26+,27-/m1/s1. The molecule has 4 aliphatic rings. The molecule has 0 aromatic heterocycles. The van der Waals surface area contributed by atoms with Gasteiger partial charge in [-0.3, -0.25) is 0 Å². The Morgan fingerprint density at radius 3 is 2.54 bits per heavy atom. The van der Waals surface area contributed by atoms with Gasteiger partial charge in [0.2, 0.25) is 0 Å². The van der Waals surface area contributed by atoms with E-state index in [-0.39, 0.29) is 6.10 Å². The van der Waals surface area contributed by atoms with E-state index in [0.717, 1.165) is 54.3 Å². The van der Waals surface area contributed by atoms with Crippen LogP contribution >= 0.6 is 0 Å². The second-order valence-corrected chi connectivity index (χ2v) is 12.2. The van der Waals surface area contributed by atoms with Crippen molar-refractivity contribution in [2.45, 2.75) is 105 Å². The number of hydrogen-bond acceptors (Lipinski definition) is 1. The Kier molecular flexibility index (Phi) is 5.80. The number of allylic oxidation sites excluding steroid dienone is 2. The van der Waals surface area contributed by atoms with E-state index in [4.69, 9.17) is 0 Å². The van der Waals surface area contributed by atoms with Crippen LogP contribution in [0.15, 0.2) is 12.2 Å². The normalized spacial score (nSPS) is 48.8. The Morgan fingerprint density at radius 2 is 1.79 bits per heavy atom. The van der Waals surface area contributed by atoms with Crippen molar-refractivity contribution in [2.75, 3.05) is 0 Å². The molecule has 160 valence electrons. The molecule has 9 atom stereocenters.